The Morgan fingerprint density at radius 2 is 1.75 bits per heavy atom. The van der Waals surface area contributed by atoms with E-state index in [1.165, 1.54) is 0 Å². The zero-order valence-corrected chi connectivity index (χ0v) is 22.0. The van der Waals surface area contributed by atoms with Crippen molar-refractivity contribution in [3.8, 4) is 0 Å². The average molecular weight is 507 g/mol. The van der Waals surface area contributed by atoms with Crippen molar-refractivity contribution in [2.45, 2.75) is 57.3 Å². The van der Waals surface area contributed by atoms with Crippen LogP contribution in [-0.2, 0) is 14.8 Å². The number of aryl methyl sites for hydroxylation is 2. The first-order valence-electron chi connectivity index (χ1n) is 12.5. The van der Waals surface area contributed by atoms with E-state index in [1.54, 1.807) is 18.2 Å². The molecule has 3 aromatic carbocycles. The van der Waals surface area contributed by atoms with Crippen LogP contribution in [0.5, 0.6) is 0 Å². The van der Waals surface area contributed by atoms with Gasteiger partial charge in [0.2, 0.25) is 0 Å². The lowest BCUT2D eigenvalue weighted by Crippen LogP contribution is -2.29. The number of benzene rings is 3. The Morgan fingerprint density at radius 1 is 1.00 bits per heavy atom. The van der Waals surface area contributed by atoms with Gasteiger partial charge in [-0.1, -0.05) is 44.2 Å². The zero-order chi connectivity index (χ0) is 25.6. The van der Waals surface area contributed by atoms with Crippen LogP contribution in [0.15, 0.2) is 65.6 Å². The average Bonchev–Trinajstić information content (AvgIpc) is 3.35. The van der Waals surface area contributed by atoms with Crippen LogP contribution in [0.4, 0.5) is 11.4 Å². The Balaban J connectivity index is 1.42. The molecule has 2 heterocycles. The van der Waals surface area contributed by atoms with Gasteiger partial charge in [-0.15, -0.1) is 0 Å². The van der Waals surface area contributed by atoms with E-state index >= 15 is 0 Å². The summed E-state index contributed by atoms with van der Waals surface area (Å²) in [6.07, 6.45) is 0.221. The summed E-state index contributed by atoms with van der Waals surface area (Å²) in [5, 5.41) is 14.0. The lowest BCUT2D eigenvalue weighted by molar-refractivity contribution is 0.0827. The second kappa shape index (κ2) is 9.54. The first kappa shape index (κ1) is 24.8. The molecule has 5 rings (SSSR count). The molecule has 1 fully saturated rings. The van der Waals surface area contributed by atoms with Crippen molar-refractivity contribution in [3.63, 3.8) is 0 Å². The van der Waals surface area contributed by atoms with Crippen LogP contribution in [-0.4, -0.2) is 20.1 Å². The lowest BCUT2D eigenvalue weighted by atomic mass is 9.80. The molecule has 0 saturated carbocycles. The van der Waals surface area contributed by atoms with Crippen LogP contribution in [0.1, 0.15) is 66.3 Å². The Hall–Kier alpha value is -2.87. The molecule has 0 radical (unpaired) electrons. The van der Waals surface area contributed by atoms with E-state index in [1.807, 2.05) is 58.0 Å². The number of aliphatic hydroxyl groups is 1. The zero-order valence-electron chi connectivity index (χ0n) is 21.2. The Morgan fingerprint density at radius 3 is 2.44 bits per heavy atom. The van der Waals surface area contributed by atoms with Crippen LogP contribution < -0.4 is 10.0 Å². The number of anilines is 2. The molecule has 3 aromatic rings. The van der Waals surface area contributed by atoms with E-state index in [9.17, 15) is 13.5 Å². The number of nitrogens with one attached hydrogen (secondary N) is 2. The van der Waals surface area contributed by atoms with E-state index in [-0.39, 0.29) is 28.9 Å². The number of fused-ring (bicyclic) bond motifs is 3. The highest BCUT2D eigenvalue weighted by molar-refractivity contribution is 7.92. The number of aliphatic hydroxyl groups excluding tert-OH is 1. The monoisotopic (exact) mass is 506 g/mol. The largest absolute Gasteiger partial charge is 0.388 e. The van der Waals surface area contributed by atoms with Crippen molar-refractivity contribution in [2.24, 2.45) is 11.8 Å². The van der Waals surface area contributed by atoms with Gasteiger partial charge < -0.3 is 15.2 Å². The fourth-order valence-corrected chi connectivity index (χ4v) is 6.34. The summed E-state index contributed by atoms with van der Waals surface area (Å²) in [5.41, 5.74) is 6.51. The van der Waals surface area contributed by atoms with Crippen LogP contribution in [0.3, 0.4) is 0 Å². The van der Waals surface area contributed by atoms with Crippen LogP contribution in [0.25, 0.3) is 0 Å². The number of hydrogen-bond donors (Lipinski definition) is 3. The number of sulfonamides is 1. The molecule has 190 valence electrons. The molecule has 3 N–H and O–H groups in total. The quantitative estimate of drug-likeness (QED) is 0.379. The normalized spacial score (nSPS) is 22.0. The van der Waals surface area contributed by atoms with E-state index in [0.717, 1.165) is 39.9 Å². The van der Waals surface area contributed by atoms with E-state index in [0.29, 0.717) is 12.3 Å². The summed E-state index contributed by atoms with van der Waals surface area (Å²) in [5.74, 6) is 0.335. The molecule has 0 bridgehead atoms. The van der Waals surface area contributed by atoms with Crippen LogP contribution in [0.2, 0.25) is 0 Å². The topological polar surface area (TPSA) is 87.7 Å². The highest BCUT2D eigenvalue weighted by Gasteiger charge is 2.42. The SMILES string of the molecule is Cc1ccc(NS(=O)(=O)c2ccc3c(c2)C2OCC[C@H]2C(c2ccc(C(O)C(C)C)cc2)N3)cc1C. The molecule has 2 aliphatic heterocycles. The fraction of sp³-hybridized carbons (Fsp3) is 0.379. The van der Waals surface area contributed by atoms with Gasteiger partial charge in [0.25, 0.3) is 10.0 Å². The Bertz CT molecular complexity index is 1370. The molecule has 6 nitrogen and oxygen atoms in total. The van der Waals surface area contributed by atoms with Crippen LogP contribution in [0, 0.1) is 25.7 Å². The molecule has 0 aliphatic carbocycles. The predicted molar refractivity (Wildman–Crippen MR) is 143 cm³/mol. The molecule has 7 heteroatoms. The maximum absolute atomic E-state index is 13.2. The van der Waals surface area contributed by atoms with Crippen molar-refractivity contribution in [2.75, 3.05) is 16.6 Å². The van der Waals surface area contributed by atoms with Crippen molar-refractivity contribution in [1.82, 2.24) is 0 Å². The molecular weight excluding hydrogens is 472 g/mol. The minimum Gasteiger partial charge on any atom is -0.388 e. The highest BCUT2D eigenvalue weighted by atomic mass is 32.2. The van der Waals surface area contributed by atoms with Crippen molar-refractivity contribution >= 4 is 21.4 Å². The molecule has 0 amide bonds. The lowest BCUT2D eigenvalue weighted by Gasteiger charge is -2.37. The molecular formula is C29H34N2O4S. The molecule has 36 heavy (non-hydrogen) atoms. The standard InChI is InChI=1S/C29H34N2O4S/c1-17(2)28(32)21-8-6-20(7-9-21)27-24-13-14-35-29(24)25-16-23(11-12-26(25)30-27)36(33,34)31-22-10-5-18(3)19(4)15-22/h5-12,15-17,24,27-32H,13-14H2,1-4H3/t24-,27?,28?,29?/m0/s1. The van der Waals surface area contributed by atoms with Crippen molar-refractivity contribution < 1.29 is 18.3 Å². The van der Waals surface area contributed by atoms with Gasteiger partial charge in [0.1, 0.15) is 0 Å². The number of rotatable bonds is 6. The molecule has 0 aromatic heterocycles. The number of hydrogen-bond acceptors (Lipinski definition) is 5. The first-order chi connectivity index (χ1) is 17.1. The van der Waals surface area contributed by atoms with E-state index < -0.39 is 16.1 Å². The molecule has 1 saturated heterocycles. The summed E-state index contributed by atoms with van der Waals surface area (Å²) in [6, 6.07) is 19.0. The smallest absolute Gasteiger partial charge is 0.261 e. The van der Waals surface area contributed by atoms with Gasteiger partial charge >= 0.3 is 0 Å². The first-order valence-corrected chi connectivity index (χ1v) is 14.0. The van der Waals surface area contributed by atoms with Gasteiger partial charge in [0.15, 0.2) is 0 Å². The van der Waals surface area contributed by atoms with E-state index in [4.69, 9.17) is 4.74 Å². The minimum absolute atomic E-state index is 0.0476. The van der Waals surface area contributed by atoms with Gasteiger partial charge in [0.05, 0.1) is 23.1 Å². The summed E-state index contributed by atoms with van der Waals surface area (Å²) in [6.45, 7) is 8.61. The predicted octanol–water partition coefficient (Wildman–Crippen LogP) is 6.04. The highest BCUT2D eigenvalue weighted by Crippen LogP contribution is 2.50. The maximum atomic E-state index is 13.2. The minimum atomic E-state index is -3.75. The second-order valence-electron chi connectivity index (χ2n) is 10.4. The number of ether oxygens (including phenoxy) is 1. The Labute approximate surface area is 213 Å². The molecule has 2 aliphatic rings. The summed E-state index contributed by atoms with van der Waals surface area (Å²) >= 11 is 0. The van der Waals surface area contributed by atoms with Crippen molar-refractivity contribution in [3.05, 3.63) is 88.5 Å². The van der Waals surface area contributed by atoms with E-state index in [2.05, 4.69) is 22.2 Å². The van der Waals surface area contributed by atoms with Gasteiger partial charge in [-0.25, -0.2) is 8.42 Å². The van der Waals surface area contributed by atoms with Gasteiger partial charge in [0, 0.05) is 29.5 Å². The summed E-state index contributed by atoms with van der Waals surface area (Å²) in [7, 11) is -3.75. The molecule has 3 unspecified atom stereocenters. The second-order valence-corrected chi connectivity index (χ2v) is 12.1. The van der Waals surface area contributed by atoms with Gasteiger partial charge in [-0.05, 0) is 78.8 Å². The van der Waals surface area contributed by atoms with Crippen molar-refractivity contribution in [1.29, 1.82) is 0 Å². The fourth-order valence-electron chi connectivity index (χ4n) is 5.25. The molecule has 0 spiro atoms. The molecule has 4 atom stereocenters. The summed E-state index contributed by atoms with van der Waals surface area (Å²) < 4.78 is 35.3. The van der Waals surface area contributed by atoms with Crippen LogP contribution >= 0.6 is 0 Å². The third-order valence-electron chi connectivity index (χ3n) is 7.54. The van der Waals surface area contributed by atoms with Gasteiger partial charge in [-0.2, -0.15) is 0 Å². The maximum Gasteiger partial charge on any atom is 0.261 e. The third kappa shape index (κ3) is 4.63. The van der Waals surface area contributed by atoms with Gasteiger partial charge in [-0.3, -0.25) is 4.72 Å². The summed E-state index contributed by atoms with van der Waals surface area (Å²) in [4.78, 5) is 0.223. The Kier molecular flexibility index (Phi) is 6.57. The third-order valence-corrected chi connectivity index (χ3v) is 8.92.